The smallest absolute Gasteiger partial charge is 0.329 e. The minimum Gasteiger partial charge on any atom is -0.494 e. The third-order valence-corrected chi connectivity index (χ3v) is 6.16. The lowest BCUT2D eigenvalue weighted by atomic mass is 10.1. The molecule has 0 radical (unpaired) electrons. The molecule has 0 spiro atoms. The third kappa shape index (κ3) is 10.1. The number of halogens is 1. The van der Waals surface area contributed by atoms with Crippen LogP contribution >= 0.6 is 22.6 Å². The third-order valence-electron chi connectivity index (χ3n) is 5.36. The number of hydrazone groups is 1. The Kier molecular flexibility index (Phi) is 11.9. The van der Waals surface area contributed by atoms with E-state index in [1.165, 1.54) is 6.21 Å². The fourth-order valence-electron chi connectivity index (χ4n) is 3.71. The number of hydrogen-bond donors (Lipinski definition) is 3. The number of nitrogens with zero attached hydrogens (tertiary/aromatic N) is 1. The van der Waals surface area contributed by atoms with Gasteiger partial charge in [0.25, 0.3) is 5.91 Å². The van der Waals surface area contributed by atoms with Crippen molar-refractivity contribution in [1.82, 2.24) is 5.43 Å². The van der Waals surface area contributed by atoms with Crippen LogP contribution in [-0.4, -0.2) is 43.8 Å². The van der Waals surface area contributed by atoms with Gasteiger partial charge in [-0.3, -0.25) is 14.4 Å². The molecule has 3 aromatic rings. The monoisotopic (exact) mass is 672 g/mol. The van der Waals surface area contributed by atoms with Gasteiger partial charge in [-0.05, 0) is 115 Å². The number of rotatable bonds is 12. The van der Waals surface area contributed by atoms with Crippen LogP contribution in [0.2, 0.25) is 0 Å². The lowest BCUT2D eigenvalue weighted by Crippen LogP contribution is -2.32. The molecule has 0 aliphatic carbocycles. The van der Waals surface area contributed by atoms with E-state index in [1.807, 2.05) is 45.9 Å². The molecule has 216 valence electrons. The Hall–Kier alpha value is -4.13. The van der Waals surface area contributed by atoms with Gasteiger partial charge in [-0.1, -0.05) is 13.0 Å². The molecule has 3 rings (SSSR count). The van der Waals surface area contributed by atoms with Crippen molar-refractivity contribution in [2.45, 2.75) is 34.1 Å². The average molecular weight is 673 g/mol. The summed E-state index contributed by atoms with van der Waals surface area (Å²) in [4.78, 5) is 36.9. The highest BCUT2D eigenvalue weighted by Crippen LogP contribution is 2.34. The first-order valence-corrected chi connectivity index (χ1v) is 14.1. The van der Waals surface area contributed by atoms with Gasteiger partial charge in [0.05, 0.1) is 23.0 Å². The van der Waals surface area contributed by atoms with Crippen molar-refractivity contribution in [3.8, 4) is 17.2 Å². The number of carbonyl (C=O) groups is 3. The van der Waals surface area contributed by atoms with Crippen molar-refractivity contribution in [1.29, 1.82) is 0 Å². The van der Waals surface area contributed by atoms with Crippen LogP contribution in [0.3, 0.4) is 0 Å². The van der Waals surface area contributed by atoms with Gasteiger partial charge in [-0.2, -0.15) is 5.10 Å². The Labute approximate surface area is 253 Å². The van der Waals surface area contributed by atoms with Crippen LogP contribution < -0.4 is 30.3 Å². The molecule has 0 bridgehead atoms. The minimum atomic E-state index is -0.929. The molecular weight excluding hydrogens is 639 g/mol. The summed E-state index contributed by atoms with van der Waals surface area (Å²) < 4.78 is 17.7. The first-order chi connectivity index (χ1) is 19.7. The van der Waals surface area contributed by atoms with Crippen molar-refractivity contribution < 1.29 is 28.6 Å². The Morgan fingerprint density at radius 1 is 0.854 bits per heavy atom. The molecule has 41 heavy (non-hydrogen) atoms. The van der Waals surface area contributed by atoms with Gasteiger partial charge in [0, 0.05) is 11.4 Å². The summed E-state index contributed by atoms with van der Waals surface area (Å²) in [6, 6.07) is 15.9. The lowest BCUT2D eigenvalue weighted by molar-refractivity contribution is -0.136. The fourth-order valence-corrected chi connectivity index (χ4v) is 4.49. The van der Waals surface area contributed by atoms with Crippen molar-refractivity contribution in [2.24, 2.45) is 5.10 Å². The highest BCUT2D eigenvalue weighted by Gasteiger charge is 2.15. The van der Waals surface area contributed by atoms with E-state index in [9.17, 15) is 14.4 Å². The number of carbonyl (C=O) groups excluding carboxylic acids is 3. The van der Waals surface area contributed by atoms with Gasteiger partial charge in [0.1, 0.15) is 5.75 Å². The van der Waals surface area contributed by atoms with Crippen molar-refractivity contribution in [3.63, 3.8) is 0 Å². The molecule has 0 unspecified atom stereocenters. The Bertz CT molecular complexity index is 1390. The van der Waals surface area contributed by atoms with Gasteiger partial charge in [-0.25, -0.2) is 5.43 Å². The number of aryl methyl sites for hydroxylation is 2. The van der Waals surface area contributed by atoms with Crippen LogP contribution in [0.5, 0.6) is 17.2 Å². The number of amides is 3. The second kappa shape index (κ2) is 15.6. The zero-order valence-corrected chi connectivity index (χ0v) is 25.5. The molecule has 0 heterocycles. The maximum Gasteiger partial charge on any atom is 0.329 e. The quantitative estimate of drug-likeness (QED) is 0.105. The maximum absolute atomic E-state index is 12.5. The van der Waals surface area contributed by atoms with Crippen LogP contribution in [-0.2, 0) is 14.4 Å². The maximum atomic E-state index is 12.5. The van der Waals surface area contributed by atoms with E-state index in [0.717, 1.165) is 17.5 Å². The largest absolute Gasteiger partial charge is 0.494 e. The van der Waals surface area contributed by atoms with Crippen LogP contribution in [0, 0.1) is 17.4 Å². The summed E-state index contributed by atoms with van der Waals surface area (Å²) in [5, 5.41) is 9.24. The van der Waals surface area contributed by atoms with E-state index in [4.69, 9.17) is 14.2 Å². The Balaban J connectivity index is 1.58. The van der Waals surface area contributed by atoms with Crippen molar-refractivity contribution >= 4 is 57.9 Å². The molecular formula is C30H33IN4O6. The molecule has 0 atom stereocenters. The minimum absolute atomic E-state index is 0.212. The van der Waals surface area contributed by atoms with E-state index < -0.39 is 11.8 Å². The first kappa shape index (κ1) is 31.4. The number of nitrogens with one attached hydrogen (secondary N) is 3. The highest BCUT2D eigenvalue weighted by molar-refractivity contribution is 14.1. The topological polar surface area (TPSA) is 127 Å². The van der Waals surface area contributed by atoms with Gasteiger partial charge < -0.3 is 24.8 Å². The number of anilines is 2. The van der Waals surface area contributed by atoms with E-state index in [0.29, 0.717) is 51.0 Å². The Morgan fingerprint density at radius 2 is 1.56 bits per heavy atom. The van der Waals surface area contributed by atoms with Gasteiger partial charge >= 0.3 is 11.8 Å². The normalized spacial score (nSPS) is 10.7. The summed E-state index contributed by atoms with van der Waals surface area (Å²) in [6.07, 6.45) is 2.27. The molecule has 11 heteroatoms. The van der Waals surface area contributed by atoms with Crippen molar-refractivity contribution in [2.75, 3.05) is 30.5 Å². The zero-order chi connectivity index (χ0) is 29.8. The number of ether oxygens (including phenoxy) is 3. The fraction of sp³-hybridized carbons (Fsp3) is 0.267. The van der Waals surface area contributed by atoms with Gasteiger partial charge in [0.2, 0.25) is 0 Å². The van der Waals surface area contributed by atoms with Gasteiger partial charge in [-0.15, -0.1) is 0 Å². The molecule has 0 aliphatic heterocycles. The summed E-state index contributed by atoms with van der Waals surface area (Å²) in [5.41, 5.74) is 6.05. The molecule has 3 N–H and O–H groups in total. The Morgan fingerprint density at radius 3 is 2.22 bits per heavy atom. The van der Waals surface area contributed by atoms with Crippen LogP contribution in [0.4, 0.5) is 11.4 Å². The predicted octanol–water partition coefficient (Wildman–Crippen LogP) is 5.20. The molecule has 0 saturated carbocycles. The highest BCUT2D eigenvalue weighted by atomic mass is 127. The summed E-state index contributed by atoms with van der Waals surface area (Å²) in [5.74, 6) is -0.596. The summed E-state index contributed by atoms with van der Waals surface area (Å²) in [7, 11) is 0. The SMILES string of the molecule is CCCOc1ccc(NC(=O)C(=O)N/N=C\c2cc(I)c(OCC(=O)Nc3cc(C)cc(C)c3)c(OCC)c2)cc1. The second-order valence-corrected chi connectivity index (χ2v) is 10.2. The second-order valence-electron chi connectivity index (χ2n) is 9.00. The molecule has 0 aromatic heterocycles. The molecule has 0 aliphatic rings. The summed E-state index contributed by atoms with van der Waals surface area (Å²) in [6.45, 7) is 8.51. The van der Waals surface area contributed by atoms with Crippen LogP contribution in [0.1, 0.15) is 37.0 Å². The summed E-state index contributed by atoms with van der Waals surface area (Å²) >= 11 is 2.07. The standard InChI is InChI=1S/C30H33IN4O6/c1-5-11-40-24-9-7-22(8-10-24)34-29(37)30(38)35-32-17-21-15-25(31)28(26(16-21)39-6-2)41-18-27(36)33-23-13-19(3)12-20(4)14-23/h7-10,12-17H,5-6,11,18H2,1-4H3,(H,33,36)(H,34,37)(H,35,38)/b32-17-. The molecule has 3 aromatic carbocycles. The van der Waals surface area contributed by atoms with Crippen molar-refractivity contribution in [3.05, 3.63) is 74.9 Å². The lowest BCUT2D eigenvalue weighted by Gasteiger charge is -2.15. The van der Waals surface area contributed by atoms with Crippen LogP contribution in [0.25, 0.3) is 0 Å². The van der Waals surface area contributed by atoms with E-state index in [1.54, 1.807) is 36.4 Å². The molecule has 3 amide bonds. The average Bonchev–Trinajstić information content (AvgIpc) is 2.91. The predicted molar refractivity (Wildman–Crippen MR) is 167 cm³/mol. The van der Waals surface area contributed by atoms with E-state index in [-0.39, 0.29) is 12.5 Å². The van der Waals surface area contributed by atoms with E-state index in [2.05, 4.69) is 43.8 Å². The molecule has 0 fully saturated rings. The zero-order valence-electron chi connectivity index (χ0n) is 23.4. The number of hydrogen-bond acceptors (Lipinski definition) is 7. The van der Waals surface area contributed by atoms with Gasteiger partial charge in [0.15, 0.2) is 18.1 Å². The first-order valence-electron chi connectivity index (χ1n) is 13.0. The number of benzene rings is 3. The molecule has 0 saturated heterocycles. The van der Waals surface area contributed by atoms with Crippen LogP contribution in [0.15, 0.2) is 59.7 Å². The molecule has 10 nitrogen and oxygen atoms in total. The van der Waals surface area contributed by atoms with E-state index >= 15 is 0 Å².